The molecule has 0 unspecified atom stereocenters. The van der Waals surface area contributed by atoms with Crippen LogP contribution in [0.2, 0.25) is 0 Å². The average Bonchev–Trinajstić information content (AvgIpc) is 3.15. The van der Waals surface area contributed by atoms with Crippen LogP contribution in [0.1, 0.15) is 10.6 Å². The molecule has 2 rings (SSSR count). The normalized spacial score (nSPS) is 10.1. The number of carbonyl (C=O) groups excluding carboxylic acids is 3. The summed E-state index contributed by atoms with van der Waals surface area (Å²) in [4.78, 5) is 46.3. The maximum Gasteiger partial charge on any atom is 0.374 e. The van der Waals surface area contributed by atoms with Gasteiger partial charge in [0.15, 0.2) is 6.61 Å². The predicted octanol–water partition coefficient (Wildman–Crippen LogP) is 1.22. The van der Waals surface area contributed by atoms with Gasteiger partial charge in [-0.05, 0) is 24.3 Å². The molecule has 1 N–H and O–H groups in total. The molecule has 2 aromatic rings. The minimum Gasteiger partial charge on any atom is -0.450 e. The number of nitrogens with one attached hydrogen (secondary N) is 1. The van der Waals surface area contributed by atoms with Crippen LogP contribution < -0.4 is 5.32 Å². The summed E-state index contributed by atoms with van der Waals surface area (Å²) in [7, 11) is 2.85. The third-order valence-corrected chi connectivity index (χ3v) is 3.58. The molecular weight excluding hydrogens is 358 g/mol. The van der Waals surface area contributed by atoms with Gasteiger partial charge in [-0.3, -0.25) is 19.7 Å². The highest BCUT2D eigenvalue weighted by atomic mass is 16.6. The molecule has 142 valence electrons. The van der Waals surface area contributed by atoms with E-state index in [-0.39, 0.29) is 23.9 Å². The third-order valence-electron chi connectivity index (χ3n) is 3.58. The van der Waals surface area contributed by atoms with Crippen LogP contribution in [0.4, 0.5) is 5.69 Å². The topological polar surface area (TPSA) is 132 Å². The van der Waals surface area contributed by atoms with E-state index in [2.05, 4.69) is 5.32 Å². The van der Waals surface area contributed by atoms with Gasteiger partial charge >= 0.3 is 5.97 Å². The number of hydrogen-bond donors (Lipinski definition) is 1. The number of benzene rings is 1. The summed E-state index contributed by atoms with van der Waals surface area (Å²) in [5.41, 5.74) is 0.477. The average molecular weight is 375 g/mol. The van der Waals surface area contributed by atoms with E-state index >= 15 is 0 Å². The Kier molecular flexibility index (Phi) is 6.26. The van der Waals surface area contributed by atoms with Crippen LogP contribution >= 0.6 is 0 Å². The van der Waals surface area contributed by atoms with E-state index in [1.165, 1.54) is 50.5 Å². The summed E-state index contributed by atoms with van der Waals surface area (Å²) in [6.07, 6.45) is 0. The fourth-order valence-electron chi connectivity index (χ4n) is 2.04. The fourth-order valence-corrected chi connectivity index (χ4v) is 2.04. The van der Waals surface area contributed by atoms with E-state index in [1.54, 1.807) is 0 Å². The van der Waals surface area contributed by atoms with Gasteiger partial charge in [0, 0.05) is 31.8 Å². The number of hydrogen-bond acceptors (Lipinski definition) is 7. The van der Waals surface area contributed by atoms with Crippen molar-refractivity contribution < 1.29 is 28.5 Å². The van der Waals surface area contributed by atoms with Crippen LogP contribution in [0.3, 0.4) is 0 Å². The fraction of sp³-hybridized carbons (Fsp3) is 0.235. The number of non-ortho nitro benzene ring substituents is 1. The summed E-state index contributed by atoms with van der Waals surface area (Å²) in [5, 5.41) is 13.0. The predicted molar refractivity (Wildman–Crippen MR) is 92.8 cm³/mol. The summed E-state index contributed by atoms with van der Waals surface area (Å²) in [6, 6.07) is 8.50. The van der Waals surface area contributed by atoms with Crippen molar-refractivity contribution in [2.75, 3.05) is 27.2 Å². The molecule has 0 bridgehead atoms. The molecule has 0 fully saturated rings. The molecule has 0 aliphatic rings. The van der Waals surface area contributed by atoms with Gasteiger partial charge in [0.25, 0.3) is 11.6 Å². The number of carbonyl (C=O) groups is 3. The Balaban J connectivity index is 1.95. The van der Waals surface area contributed by atoms with Crippen molar-refractivity contribution in [1.29, 1.82) is 0 Å². The third kappa shape index (κ3) is 5.14. The minimum atomic E-state index is -0.843. The van der Waals surface area contributed by atoms with Gasteiger partial charge in [0.05, 0.1) is 11.5 Å². The van der Waals surface area contributed by atoms with Gasteiger partial charge in [-0.15, -0.1) is 0 Å². The van der Waals surface area contributed by atoms with E-state index in [0.29, 0.717) is 11.3 Å². The second-order valence-electron chi connectivity index (χ2n) is 5.47. The zero-order valence-electron chi connectivity index (χ0n) is 14.6. The summed E-state index contributed by atoms with van der Waals surface area (Å²) in [5.74, 6) is -1.54. The maximum atomic E-state index is 12.0. The Hall–Kier alpha value is -3.69. The van der Waals surface area contributed by atoms with Crippen LogP contribution in [0, 0.1) is 10.1 Å². The number of rotatable bonds is 7. The van der Waals surface area contributed by atoms with Crippen LogP contribution in [-0.4, -0.2) is 54.9 Å². The van der Waals surface area contributed by atoms with E-state index in [4.69, 9.17) is 9.15 Å². The van der Waals surface area contributed by atoms with Crippen LogP contribution in [0.15, 0.2) is 40.8 Å². The Bertz CT molecular complexity index is 858. The molecule has 10 heteroatoms. The molecule has 27 heavy (non-hydrogen) atoms. The molecule has 0 atom stereocenters. The standard InChI is InChI=1S/C17H17N3O7/c1-18-15(21)9-19(2)16(22)10-26-17(23)14-8-7-13(27-14)11-3-5-12(6-4-11)20(24)25/h3-8H,9-10H2,1-2H3,(H,18,21). The summed E-state index contributed by atoms with van der Waals surface area (Å²) < 4.78 is 10.3. The Morgan fingerprint density at radius 2 is 1.85 bits per heavy atom. The molecular formula is C17H17N3O7. The van der Waals surface area contributed by atoms with Gasteiger partial charge in [-0.1, -0.05) is 0 Å². The Labute approximate surface area is 153 Å². The highest BCUT2D eigenvalue weighted by Gasteiger charge is 2.18. The highest BCUT2D eigenvalue weighted by Crippen LogP contribution is 2.24. The number of nitrogens with zero attached hydrogens (tertiary/aromatic N) is 2. The lowest BCUT2D eigenvalue weighted by Gasteiger charge is -2.15. The smallest absolute Gasteiger partial charge is 0.374 e. The lowest BCUT2D eigenvalue weighted by atomic mass is 10.1. The highest BCUT2D eigenvalue weighted by molar-refractivity contribution is 5.90. The molecule has 0 spiro atoms. The number of esters is 1. The van der Waals surface area contributed by atoms with Gasteiger partial charge in [-0.2, -0.15) is 0 Å². The molecule has 1 aromatic carbocycles. The van der Waals surface area contributed by atoms with Gasteiger partial charge < -0.3 is 19.4 Å². The van der Waals surface area contributed by atoms with E-state index < -0.39 is 23.4 Å². The second-order valence-corrected chi connectivity index (χ2v) is 5.47. The lowest BCUT2D eigenvalue weighted by Crippen LogP contribution is -2.39. The quantitative estimate of drug-likeness (QED) is 0.437. The second kappa shape index (κ2) is 8.61. The zero-order valence-corrected chi connectivity index (χ0v) is 14.6. The van der Waals surface area contributed by atoms with Crippen LogP contribution in [-0.2, 0) is 14.3 Å². The largest absolute Gasteiger partial charge is 0.450 e. The van der Waals surface area contributed by atoms with Crippen LogP contribution in [0.25, 0.3) is 11.3 Å². The van der Waals surface area contributed by atoms with Crippen molar-refractivity contribution in [3.63, 3.8) is 0 Å². The molecule has 10 nitrogen and oxygen atoms in total. The lowest BCUT2D eigenvalue weighted by molar-refractivity contribution is -0.384. The van der Waals surface area contributed by atoms with Crippen molar-refractivity contribution in [2.45, 2.75) is 0 Å². The molecule has 0 aliphatic heterocycles. The number of ether oxygens (including phenoxy) is 1. The first kappa shape index (κ1) is 19.6. The molecule has 0 saturated heterocycles. The van der Waals surface area contributed by atoms with Crippen molar-refractivity contribution >= 4 is 23.5 Å². The first-order valence-electron chi connectivity index (χ1n) is 7.78. The molecule has 0 radical (unpaired) electrons. The van der Waals surface area contributed by atoms with Crippen molar-refractivity contribution in [3.05, 3.63) is 52.3 Å². The maximum absolute atomic E-state index is 12.0. The molecule has 0 saturated carbocycles. The van der Waals surface area contributed by atoms with E-state index in [1.807, 2.05) is 0 Å². The van der Waals surface area contributed by atoms with Crippen molar-refractivity contribution in [2.24, 2.45) is 0 Å². The minimum absolute atomic E-state index is 0.0654. The summed E-state index contributed by atoms with van der Waals surface area (Å²) >= 11 is 0. The number of amides is 2. The van der Waals surface area contributed by atoms with Crippen molar-refractivity contribution in [3.8, 4) is 11.3 Å². The zero-order chi connectivity index (χ0) is 20.0. The van der Waals surface area contributed by atoms with Crippen LogP contribution in [0.5, 0.6) is 0 Å². The van der Waals surface area contributed by atoms with Gasteiger partial charge in [-0.25, -0.2) is 4.79 Å². The Morgan fingerprint density at radius 3 is 2.44 bits per heavy atom. The number of likely N-dealkylation sites (N-methyl/N-ethyl adjacent to an activating group) is 2. The molecule has 2 amide bonds. The number of nitro benzene ring substituents is 1. The summed E-state index contributed by atoms with van der Waals surface area (Å²) in [6.45, 7) is -0.697. The monoisotopic (exact) mass is 375 g/mol. The molecule has 1 heterocycles. The number of nitro groups is 1. The van der Waals surface area contributed by atoms with Gasteiger partial charge in [0.2, 0.25) is 11.7 Å². The van der Waals surface area contributed by atoms with Crippen molar-refractivity contribution in [1.82, 2.24) is 10.2 Å². The number of furan rings is 1. The van der Waals surface area contributed by atoms with E-state index in [9.17, 15) is 24.5 Å². The first-order chi connectivity index (χ1) is 12.8. The van der Waals surface area contributed by atoms with E-state index in [0.717, 1.165) is 4.90 Å². The SMILES string of the molecule is CNC(=O)CN(C)C(=O)COC(=O)c1ccc(-c2ccc([N+](=O)[O-])cc2)o1. The first-order valence-corrected chi connectivity index (χ1v) is 7.78. The molecule has 1 aromatic heterocycles. The Morgan fingerprint density at radius 1 is 1.19 bits per heavy atom. The van der Waals surface area contributed by atoms with Gasteiger partial charge in [0.1, 0.15) is 5.76 Å². The molecule has 0 aliphatic carbocycles.